The minimum absolute atomic E-state index is 0. The second kappa shape index (κ2) is 16.2. The second-order valence-electron chi connectivity index (χ2n) is 13.9. The first-order valence-corrected chi connectivity index (χ1v) is 18.8. The molecular weight excluding hydrogens is 825 g/mol. The van der Waals surface area contributed by atoms with Crippen molar-refractivity contribution in [1.82, 2.24) is 9.97 Å². The Morgan fingerprint density at radius 1 is 0.824 bits per heavy atom. The Labute approximate surface area is 320 Å². The van der Waals surface area contributed by atoms with E-state index in [9.17, 15) is 9.90 Å². The summed E-state index contributed by atoms with van der Waals surface area (Å²) in [5.74, 6) is 0.286. The first kappa shape index (κ1) is 38.3. The summed E-state index contributed by atoms with van der Waals surface area (Å²) in [6.07, 6.45) is 10.6. The van der Waals surface area contributed by atoms with E-state index in [0.717, 1.165) is 60.9 Å². The number of nitrogens with zero attached hydrogens (tertiary/aromatic N) is 2. The Morgan fingerprint density at radius 2 is 1.49 bits per heavy atom. The van der Waals surface area contributed by atoms with E-state index in [-0.39, 0.29) is 42.5 Å². The SMILES string of the molecule is CCC(C)(CC)C(=O)/C=C(\O)C(C)(CC)CC.[Ir].[c-]1c(-c2nccc3sc4c(c23)CCc2cccnc2-4)cc(-c2ccccc2)c2ccccc12. The van der Waals surface area contributed by atoms with Crippen molar-refractivity contribution in [2.24, 2.45) is 10.8 Å². The number of aliphatic hydroxyl groups is 1. The number of aliphatic hydroxyl groups excluding tert-OH is 1. The molecule has 0 unspecified atom stereocenters. The van der Waals surface area contributed by atoms with E-state index < -0.39 is 0 Å². The minimum Gasteiger partial charge on any atom is -0.512 e. The van der Waals surface area contributed by atoms with Crippen molar-refractivity contribution in [3.05, 3.63) is 120 Å². The molecule has 0 spiro atoms. The molecule has 0 bridgehead atoms. The Bertz CT molecular complexity index is 2180. The number of ketones is 1. The zero-order chi connectivity index (χ0) is 35.5. The maximum absolute atomic E-state index is 12.2. The number of benzene rings is 3. The summed E-state index contributed by atoms with van der Waals surface area (Å²) >= 11 is 1.84. The van der Waals surface area contributed by atoms with Gasteiger partial charge in [-0.1, -0.05) is 113 Å². The van der Waals surface area contributed by atoms with Crippen LogP contribution < -0.4 is 0 Å². The topological polar surface area (TPSA) is 63.1 Å². The van der Waals surface area contributed by atoms with Crippen LogP contribution in [0.1, 0.15) is 78.4 Å². The largest absolute Gasteiger partial charge is 0.512 e. The molecule has 6 aromatic rings. The van der Waals surface area contributed by atoms with Gasteiger partial charge in [-0.2, -0.15) is 0 Å². The number of hydrogen-bond donors (Lipinski definition) is 1. The van der Waals surface area contributed by atoms with Crippen LogP contribution in [0.2, 0.25) is 0 Å². The molecule has 1 aliphatic carbocycles. The molecule has 6 heteroatoms. The zero-order valence-corrected chi connectivity index (χ0v) is 33.7. The monoisotopic (exact) mass is 872 g/mol. The molecule has 51 heavy (non-hydrogen) atoms. The molecule has 3 heterocycles. The number of carbonyl (C=O) groups excluding carboxylic acids is 1. The third-order valence-corrected chi connectivity index (χ3v) is 12.4. The van der Waals surface area contributed by atoms with Crippen molar-refractivity contribution >= 4 is 38.0 Å². The summed E-state index contributed by atoms with van der Waals surface area (Å²) in [4.78, 5) is 23.1. The van der Waals surface area contributed by atoms with Crippen molar-refractivity contribution in [2.45, 2.75) is 80.1 Å². The molecule has 265 valence electrons. The van der Waals surface area contributed by atoms with E-state index >= 15 is 0 Å². The first-order chi connectivity index (χ1) is 24.2. The van der Waals surface area contributed by atoms with Gasteiger partial charge >= 0.3 is 0 Å². The van der Waals surface area contributed by atoms with Crippen molar-refractivity contribution in [2.75, 3.05) is 0 Å². The van der Waals surface area contributed by atoms with E-state index in [1.165, 1.54) is 48.7 Å². The van der Waals surface area contributed by atoms with Crippen LogP contribution in [0.25, 0.3) is 53.8 Å². The summed E-state index contributed by atoms with van der Waals surface area (Å²) in [6.45, 7) is 12.1. The number of allylic oxidation sites excluding steroid dienone is 2. The van der Waals surface area contributed by atoms with E-state index in [2.05, 4.69) is 78.9 Å². The Kier molecular flexibility index (Phi) is 12.1. The average molecular weight is 872 g/mol. The van der Waals surface area contributed by atoms with Crippen LogP contribution in [0, 0.1) is 16.9 Å². The van der Waals surface area contributed by atoms with Gasteiger partial charge in [-0.3, -0.25) is 14.8 Å². The van der Waals surface area contributed by atoms with Gasteiger partial charge in [-0.25, -0.2) is 0 Å². The summed E-state index contributed by atoms with van der Waals surface area (Å²) in [5.41, 5.74) is 7.75. The molecule has 3 aromatic heterocycles. The Morgan fingerprint density at radius 3 is 2.20 bits per heavy atom. The predicted octanol–water partition coefficient (Wildman–Crippen LogP) is 12.4. The number of fused-ring (bicyclic) bond motifs is 6. The van der Waals surface area contributed by atoms with Crippen LogP contribution in [0.4, 0.5) is 0 Å². The standard InChI is InChI=1S/C30H19N2S.C15H28O2.Ir/c1-2-7-19(8-3-1)25-18-22(17-21-9-4-5-11-23(21)25)28-27-24-13-12-20-10-6-15-31-29(20)30(24)33-26(27)14-16-32-28;1-7-14(5,8-2)12(16)11-13(17)15(6,9-3)10-4;/h1-11,14-16,18H,12-13H2;11,16H,7-10H2,1-6H3;/q-1;;/b;12-11-;. The summed E-state index contributed by atoms with van der Waals surface area (Å²) in [7, 11) is 0. The molecule has 3 aromatic carbocycles. The van der Waals surface area contributed by atoms with Crippen molar-refractivity contribution < 1.29 is 30.0 Å². The molecular formula is C45H47IrN2O2S-. The molecule has 1 aliphatic rings. The van der Waals surface area contributed by atoms with E-state index in [1.54, 1.807) is 0 Å². The normalized spacial score (nSPS) is 12.8. The number of carbonyl (C=O) groups is 1. The summed E-state index contributed by atoms with van der Waals surface area (Å²) in [5, 5.41) is 13.7. The van der Waals surface area contributed by atoms with Crippen LogP contribution in [0.5, 0.6) is 0 Å². The van der Waals surface area contributed by atoms with Gasteiger partial charge in [-0.15, -0.1) is 34.9 Å². The van der Waals surface area contributed by atoms with Gasteiger partial charge in [-0.05, 0) is 72.7 Å². The molecule has 0 saturated carbocycles. The van der Waals surface area contributed by atoms with E-state index in [4.69, 9.17) is 9.97 Å². The molecule has 4 nitrogen and oxygen atoms in total. The summed E-state index contributed by atoms with van der Waals surface area (Å²) in [6, 6.07) is 31.5. The number of rotatable bonds is 9. The molecule has 0 amide bonds. The minimum atomic E-state index is -0.337. The van der Waals surface area contributed by atoms with Crippen LogP contribution in [0.15, 0.2) is 103 Å². The molecule has 0 atom stereocenters. The quantitative estimate of drug-likeness (QED) is 0.0893. The molecule has 1 N–H and O–H groups in total. The van der Waals surface area contributed by atoms with E-state index in [0.29, 0.717) is 0 Å². The Balaban J connectivity index is 0.000000242. The first-order valence-electron chi connectivity index (χ1n) is 18.0. The smallest absolute Gasteiger partial charge is 0.164 e. The average Bonchev–Trinajstić information content (AvgIpc) is 3.57. The Hall–Kier alpha value is -3.96. The van der Waals surface area contributed by atoms with Gasteiger partial charge < -0.3 is 5.11 Å². The zero-order valence-electron chi connectivity index (χ0n) is 30.5. The summed E-state index contributed by atoms with van der Waals surface area (Å²) < 4.78 is 1.27. The fourth-order valence-corrected chi connectivity index (χ4v) is 8.02. The maximum atomic E-state index is 12.2. The second-order valence-corrected chi connectivity index (χ2v) is 14.9. The maximum Gasteiger partial charge on any atom is 0.164 e. The van der Waals surface area contributed by atoms with Crippen molar-refractivity contribution in [3.8, 4) is 33.0 Å². The predicted molar refractivity (Wildman–Crippen MR) is 211 cm³/mol. The molecule has 1 radical (unpaired) electrons. The fourth-order valence-electron chi connectivity index (χ4n) is 6.74. The van der Waals surface area contributed by atoms with Gasteiger partial charge in [0, 0.05) is 59.8 Å². The molecule has 0 fully saturated rings. The third-order valence-electron chi connectivity index (χ3n) is 11.2. The van der Waals surface area contributed by atoms with Gasteiger partial charge in [0.25, 0.3) is 0 Å². The van der Waals surface area contributed by atoms with Gasteiger partial charge in [0.05, 0.1) is 10.6 Å². The van der Waals surface area contributed by atoms with Gasteiger partial charge in [0.15, 0.2) is 5.78 Å². The number of aryl methyl sites for hydroxylation is 2. The third kappa shape index (κ3) is 7.51. The van der Waals surface area contributed by atoms with Crippen LogP contribution in [0.3, 0.4) is 0 Å². The van der Waals surface area contributed by atoms with Gasteiger partial charge in [0.2, 0.25) is 0 Å². The number of thiophene rings is 1. The van der Waals surface area contributed by atoms with Crippen molar-refractivity contribution in [3.63, 3.8) is 0 Å². The van der Waals surface area contributed by atoms with Crippen LogP contribution in [-0.2, 0) is 37.7 Å². The molecule has 0 saturated heterocycles. The number of pyridine rings is 2. The molecule has 7 rings (SSSR count). The van der Waals surface area contributed by atoms with E-state index in [1.807, 2.05) is 71.3 Å². The van der Waals surface area contributed by atoms with Gasteiger partial charge in [0.1, 0.15) is 5.76 Å². The fraction of sp³-hybridized carbons (Fsp3) is 0.311. The number of hydrogen-bond acceptors (Lipinski definition) is 5. The van der Waals surface area contributed by atoms with Crippen molar-refractivity contribution in [1.29, 1.82) is 0 Å². The molecule has 0 aliphatic heterocycles. The number of aromatic nitrogens is 2. The van der Waals surface area contributed by atoms with Crippen LogP contribution >= 0.6 is 11.3 Å². The van der Waals surface area contributed by atoms with Crippen LogP contribution in [-0.4, -0.2) is 20.9 Å².